The van der Waals surface area contributed by atoms with Gasteiger partial charge in [-0.15, -0.1) is 0 Å². The third-order valence-corrected chi connectivity index (χ3v) is 5.54. The number of benzene rings is 2. The Kier molecular flexibility index (Phi) is 5.74. The van der Waals surface area contributed by atoms with Gasteiger partial charge in [0.05, 0.1) is 22.3 Å². The minimum atomic E-state index is 0.630. The molecule has 1 aromatic heterocycles. The number of carbonyl (C=O) groups excluding carboxylic acids is 1. The van der Waals surface area contributed by atoms with Crippen LogP contribution in [-0.2, 0) is 11.3 Å². The normalized spacial score (nSPS) is 12.3. The van der Waals surface area contributed by atoms with Crippen molar-refractivity contribution in [3.05, 3.63) is 36.4 Å². The molecule has 4 rings (SSSR count). The van der Waals surface area contributed by atoms with Crippen LogP contribution in [-0.4, -0.2) is 73.8 Å². The number of nitrogens with one attached hydrogen (secondary N) is 1. The van der Waals surface area contributed by atoms with Crippen LogP contribution in [0, 0.1) is 0 Å². The van der Waals surface area contributed by atoms with Crippen LogP contribution in [0.4, 0.5) is 17.1 Å². The van der Waals surface area contributed by atoms with Crippen LogP contribution in [0.1, 0.15) is 6.42 Å². The predicted octanol–water partition coefficient (Wildman–Crippen LogP) is 3.24. The minimum absolute atomic E-state index is 0.630. The van der Waals surface area contributed by atoms with E-state index in [1.165, 1.54) is 0 Å². The molecule has 7 heteroatoms. The van der Waals surface area contributed by atoms with E-state index >= 15 is 0 Å². The highest BCUT2D eigenvalue weighted by Crippen LogP contribution is 2.47. The lowest BCUT2D eigenvalue weighted by Gasteiger charge is -2.26. The molecule has 0 atom stereocenters. The molecule has 0 unspecified atom stereocenters. The maximum atomic E-state index is 11.9. The highest BCUT2D eigenvalue weighted by atomic mass is 16.1. The molecule has 1 N–H and O–H groups in total. The number of hydrogen-bond acceptors (Lipinski definition) is 5. The maximum absolute atomic E-state index is 11.9. The SMILES string of the molecule is CN(C)CCCn1nc2c3c(c(N(C=O)CCN(C)C)ccc31)Nc1ccccc1-2. The summed E-state index contributed by atoms with van der Waals surface area (Å²) in [6.07, 6.45) is 1.95. The molecule has 3 aromatic rings. The molecule has 0 bridgehead atoms. The lowest BCUT2D eigenvalue weighted by molar-refractivity contribution is -0.107. The number of hydrogen-bond donors (Lipinski definition) is 1. The number of para-hydroxylation sites is 1. The fraction of sp³-hybridized carbons (Fsp3) is 0.391. The first-order valence-corrected chi connectivity index (χ1v) is 10.4. The van der Waals surface area contributed by atoms with E-state index in [0.717, 1.165) is 71.7 Å². The zero-order valence-corrected chi connectivity index (χ0v) is 18.2. The van der Waals surface area contributed by atoms with Gasteiger partial charge in [0.15, 0.2) is 0 Å². The Balaban J connectivity index is 1.82. The predicted molar refractivity (Wildman–Crippen MR) is 124 cm³/mol. The summed E-state index contributed by atoms with van der Waals surface area (Å²) >= 11 is 0. The van der Waals surface area contributed by atoms with Crippen molar-refractivity contribution in [1.82, 2.24) is 19.6 Å². The molecule has 0 fully saturated rings. The van der Waals surface area contributed by atoms with Gasteiger partial charge in [-0.25, -0.2) is 0 Å². The topological polar surface area (TPSA) is 56.6 Å². The summed E-state index contributed by atoms with van der Waals surface area (Å²) in [4.78, 5) is 18.0. The highest BCUT2D eigenvalue weighted by molar-refractivity contribution is 6.14. The summed E-state index contributed by atoms with van der Waals surface area (Å²) in [7, 11) is 8.21. The van der Waals surface area contributed by atoms with Gasteiger partial charge in [-0.05, 0) is 59.4 Å². The molecule has 0 saturated heterocycles. The van der Waals surface area contributed by atoms with Crippen molar-refractivity contribution in [3.8, 4) is 11.3 Å². The van der Waals surface area contributed by atoms with E-state index in [1.807, 2.05) is 32.3 Å². The number of rotatable bonds is 9. The summed E-state index contributed by atoms with van der Waals surface area (Å²) in [5.74, 6) is 0. The van der Waals surface area contributed by atoms with E-state index in [4.69, 9.17) is 5.10 Å². The lowest BCUT2D eigenvalue weighted by Crippen LogP contribution is -2.31. The minimum Gasteiger partial charge on any atom is -0.353 e. The van der Waals surface area contributed by atoms with Gasteiger partial charge in [0.2, 0.25) is 6.41 Å². The number of carbonyl (C=O) groups is 1. The zero-order valence-electron chi connectivity index (χ0n) is 18.2. The lowest BCUT2D eigenvalue weighted by atomic mass is 9.99. The molecular weight excluding hydrogens is 376 g/mol. The number of amides is 1. The number of aryl methyl sites for hydroxylation is 1. The number of anilines is 3. The van der Waals surface area contributed by atoms with E-state index in [2.05, 4.69) is 52.1 Å². The van der Waals surface area contributed by atoms with Gasteiger partial charge in [-0.2, -0.15) is 5.10 Å². The number of aromatic nitrogens is 2. The quantitative estimate of drug-likeness (QED) is 0.433. The second-order valence-electron chi connectivity index (χ2n) is 8.36. The van der Waals surface area contributed by atoms with Gasteiger partial charge >= 0.3 is 0 Å². The second kappa shape index (κ2) is 8.45. The average molecular weight is 407 g/mol. The smallest absolute Gasteiger partial charge is 0.214 e. The molecule has 158 valence electrons. The third-order valence-electron chi connectivity index (χ3n) is 5.54. The van der Waals surface area contributed by atoms with Crippen LogP contribution in [0.5, 0.6) is 0 Å². The molecule has 30 heavy (non-hydrogen) atoms. The number of fused-ring (bicyclic) bond motifs is 2. The van der Waals surface area contributed by atoms with Gasteiger partial charge in [-0.1, -0.05) is 18.2 Å². The fourth-order valence-corrected chi connectivity index (χ4v) is 3.99. The molecule has 2 aromatic carbocycles. The fourth-order valence-electron chi connectivity index (χ4n) is 3.99. The van der Waals surface area contributed by atoms with Crippen molar-refractivity contribution >= 4 is 34.4 Å². The molecule has 7 nitrogen and oxygen atoms in total. The van der Waals surface area contributed by atoms with Gasteiger partial charge in [0, 0.05) is 30.9 Å². The number of nitrogens with zero attached hydrogens (tertiary/aromatic N) is 5. The Bertz CT molecular complexity index is 1060. The van der Waals surface area contributed by atoms with Crippen molar-refractivity contribution < 1.29 is 4.79 Å². The molecule has 1 aliphatic heterocycles. The maximum Gasteiger partial charge on any atom is 0.214 e. The first-order chi connectivity index (χ1) is 14.5. The Hall–Kier alpha value is -2.90. The van der Waals surface area contributed by atoms with E-state index < -0.39 is 0 Å². The van der Waals surface area contributed by atoms with Crippen molar-refractivity contribution in [2.45, 2.75) is 13.0 Å². The van der Waals surface area contributed by atoms with Crippen LogP contribution < -0.4 is 10.2 Å². The molecule has 0 spiro atoms. The Morgan fingerprint density at radius 1 is 1.00 bits per heavy atom. The summed E-state index contributed by atoms with van der Waals surface area (Å²) in [6, 6.07) is 12.4. The average Bonchev–Trinajstić information content (AvgIpc) is 3.09. The molecule has 0 aliphatic carbocycles. The molecule has 0 radical (unpaired) electrons. The third kappa shape index (κ3) is 3.78. The molecule has 1 aliphatic rings. The van der Waals surface area contributed by atoms with Crippen LogP contribution in [0.3, 0.4) is 0 Å². The largest absolute Gasteiger partial charge is 0.353 e. The zero-order chi connectivity index (χ0) is 21.3. The van der Waals surface area contributed by atoms with E-state index in [1.54, 1.807) is 4.90 Å². The van der Waals surface area contributed by atoms with Crippen LogP contribution in [0.2, 0.25) is 0 Å². The van der Waals surface area contributed by atoms with Gasteiger partial charge in [0.25, 0.3) is 0 Å². The van der Waals surface area contributed by atoms with E-state index in [-0.39, 0.29) is 0 Å². The van der Waals surface area contributed by atoms with Crippen LogP contribution >= 0.6 is 0 Å². The highest BCUT2D eigenvalue weighted by Gasteiger charge is 2.26. The first-order valence-electron chi connectivity index (χ1n) is 10.4. The monoisotopic (exact) mass is 406 g/mol. The Labute approximate surface area is 177 Å². The molecule has 0 saturated carbocycles. The van der Waals surface area contributed by atoms with E-state index in [9.17, 15) is 4.79 Å². The van der Waals surface area contributed by atoms with Crippen molar-refractivity contribution in [3.63, 3.8) is 0 Å². The summed E-state index contributed by atoms with van der Waals surface area (Å²) < 4.78 is 2.11. The summed E-state index contributed by atoms with van der Waals surface area (Å²) in [5.41, 5.74) is 6.07. The molecule has 1 amide bonds. The first kappa shape index (κ1) is 20.4. The Morgan fingerprint density at radius 2 is 1.77 bits per heavy atom. The standard InChI is InChI=1S/C23H30N6O/c1-26(2)12-7-13-29-19-10-11-20(28(16-30)15-14-27(3)4)23-21(19)22(25-29)17-8-5-6-9-18(17)24-23/h5-6,8-11,16,24H,7,12-15H2,1-4H3. The van der Waals surface area contributed by atoms with Crippen LogP contribution in [0.15, 0.2) is 36.4 Å². The van der Waals surface area contributed by atoms with Crippen LogP contribution in [0.25, 0.3) is 22.2 Å². The van der Waals surface area contributed by atoms with Gasteiger partial charge in [-0.3, -0.25) is 9.48 Å². The molecule has 2 heterocycles. The van der Waals surface area contributed by atoms with Crippen molar-refractivity contribution in [1.29, 1.82) is 0 Å². The summed E-state index contributed by atoms with van der Waals surface area (Å²) in [5, 5.41) is 9.68. The van der Waals surface area contributed by atoms with Gasteiger partial charge < -0.3 is 20.0 Å². The second-order valence-corrected chi connectivity index (χ2v) is 8.36. The van der Waals surface area contributed by atoms with Crippen molar-refractivity contribution in [2.75, 3.05) is 58.0 Å². The number of likely N-dealkylation sites (N-methyl/N-ethyl adjacent to an activating group) is 1. The Morgan fingerprint density at radius 3 is 2.50 bits per heavy atom. The van der Waals surface area contributed by atoms with Gasteiger partial charge in [0.1, 0.15) is 5.69 Å². The van der Waals surface area contributed by atoms with Crippen molar-refractivity contribution in [2.24, 2.45) is 0 Å². The summed E-state index contributed by atoms with van der Waals surface area (Å²) in [6.45, 7) is 3.29. The molecular formula is C23H30N6O. The van der Waals surface area contributed by atoms with E-state index in [0.29, 0.717) is 6.54 Å².